The molecular formula is C20H20N2O7S. The van der Waals surface area contributed by atoms with Gasteiger partial charge in [-0.2, -0.15) is 8.75 Å². The summed E-state index contributed by atoms with van der Waals surface area (Å²) < 4.78 is 28.8. The predicted molar refractivity (Wildman–Crippen MR) is 108 cm³/mol. The van der Waals surface area contributed by atoms with Crippen molar-refractivity contribution >= 4 is 34.7 Å². The minimum absolute atomic E-state index is 0.00547. The van der Waals surface area contributed by atoms with E-state index in [1.807, 2.05) is 0 Å². The molecule has 30 heavy (non-hydrogen) atoms. The smallest absolute Gasteiger partial charge is 0.343 e. The van der Waals surface area contributed by atoms with Crippen molar-refractivity contribution in [1.29, 1.82) is 0 Å². The number of esters is 2. The first-order valence-corrected chi connectivity index (χ1v) is 9.60. The zero-order valence-electron chi connectivity index (χ0n) is 16.6. The molecule has 0 aliphatic rings. The van der Waals surface area contributed by atoms with Crippen LogP contribution in [0, 0.1) is 0 Å². The maximum atomic E-state index is 12.1. The molecule has 3 aromatic rings. The van der Waals surface area contributed by atoms with Gasteiger partial charge in [0.2, 0.25) is 0 Å². The number of aromatic hydroxyl groups is 1. The standard InChI is InChI=1S/C20H20N2O7S/c1-26-16-8-11(4-7-15(16)29-10-18(25)28-3)12(9-17(24)27-2)19-14(23)6-5-13-20(19)22-30-21-13/h4-8,12,23H,9-10H2,1-3H3/t12-/m1/s1. The molecule has 158 valence electrons. The Labute approximate surface area is 176 Å². The lowest BCUT2D eigenvalue weighted by Crippen LogP contribution is -2.14. The van der Waals surface area contributed by atoms with Crippen molar-refractivity contribution in [2.45, 2.75) is 12.3 Å². The lowest BCUT2D eigenvalue weighted by atomic mass is 9.86. The Balaban J connectivity index is 2.06. The first kappa shape index (κ1) is 21.3. The van der Waals surface area contributed by atoms with Gasteiger partial charge in [-0.05, 0) is 29.8 Å². The lowest BCUT2D eigenvalue weighted by molar-refractivity contribution is -0.143. The van der Waals surface area contributed by atoms with E-state index in [-0.39, 0.29) is 18.8 Å². The number of ether oxygens (including phenoxy) is 4. The van der Waals surface area contributed by atoms with Crippen molar-refractivity contribution in [1.82, 2.24) is 8.75 Å². The van der Waals surface area contributed by atoms with Crippen LogP contribution in [0.5, 0.6) is 17.2 Å². The summed E-state index contributed by atoms with van der Waals surface area (Å²) in [6.45, 7) is -0.275. The quantitative estimate of drug-likeness (QED) is 0.536. The van der Waals surface area contributed by atoms with Gasteiger partial charge in [0, 0.05) is 11.5 Å². The molecule has 0 spiro atoms. The highest BCUT2D eigenvalue weighted by Crippen LogP contribution is 2.41. The van der Waals surface area contributed by atoms with Crippen LogP contribution in [-0.4, -0.2) is 53.7 Å². The number of phenolic OH excluding ortho intramolecular Hbond substituents is 1. The highest BCUT2D eigenvalue weighted by atomic mass is 32.1. The third-order valence-corrected chi connectivity index (χ3v) is 5.10. The van der Waals surface area contributed by atoms with Gasteiger partial charge >= 0.3 is 11.9 Å². The number of hydrogen-bond acceptors (Lipinski definition) is 10. The van der Waals surface area contributed by atoms with Gasteiger partial charge in [0.25, 0.3) is 0 Å². The van der Waals surface area contributed by atoms with Crippen LogP contribution in [0.4, 0.5) is 0 Å². The summed E-state index contributed by atoms with van der Waals surface area (Å²) in [4.78, 5) is 23.5. The number of hydrogen-bond donors (Lipinski definition) is 1. The largest absolute Gasteiger partial charge is 0.508 e. The molecule has 0 saturated carbocycles. The number of fused-ring (bicyclic) bond motifs is 1. The second-order valence-electron chi connectivity index (χ2n) is 6.24. The monoisotopic (exact) mass is 432 g/mol. The summed E-state index contributed by atoms with van der Waals surface area (Å²) in [6.07, 6.45) is -0.0355. The van der Waals surface area contributed by atoms with Crippen LogP contribution in [0.3, 0.4) is 0 Å². The van der Waals surface area contributed by atoms with E-state index < -0.39 is 17.9 Å². The molecule has 0 radical (unpaired) electrons. The fourth-order valence-electron chi connectivity index (χ4n) is 3.06. The van der Waals surface area contributed by atoms with Crippen LogP contribution in [-0.2, 0) is 19.1 Å². The molecule has 1 N–H and O–H groups in total. The predicted octanol–water partition coefficient (Wildman–Crippen LogP) is 2.65. The van der Waals surface area contributed by atoms with Gasteiger partial charge in [-0.15, -0.1) is 0 Å². The van der Waals surface area contributed by atoms with Crippen molar-refractivity contribution in [2.24, 2.45) is 0 Å². The minimum atomic E-state index is -0.575. The molecule has 9 nitrogen and oxygen atoms in total. The molecule has 10 heteroatoms. The van der Waals surface area contributed by atoms with Crippen molar-refractivity contribution in [2.75, 3.05) is 27.9 Å². The molecule has 0 unspecified atom stereocenters. The van der Waals surface area contributed by atoms with Crippen LogP contribution in [0.2, 0.25) is 0 Å². The Morgan fingerprint density at radius 2 is 1.80 bits per heavy atom. The van der Waals surface area contributed by atoms with Crippen LogP contribution >= 0.6 is 11.7 Å². The fourth-order valence-corrected chi connectivity index (χ4v) is 3.61. The summed E-state index contributed by atoms with van der Waals surface area (Å²) in [6, 6.07) is 8.21. The number of nitrogens with zero attached hydrogens (tertiary/aromatic N) is 2. The average molecular weight is 432 g/mol. The van der Waals surface area contributed by atoms with Gasteiger partial charge in [0.1, 0.15) is 16.8 Å². The Morgan fingerprint density at radius 1 is 1.03 bits per heavy atom. The average Bonchev–Trinajstić information content (AvgIpc) is 3.24. The Kier molecular flexibility index (Phi) is 6.68. The third kappa shape index (κ3) is 4.43. The first-order valence-electron chi connectivity index (χ1n) is 8.87. The zero-order valence-corrected chi connectivity index (χ0v) is 17.4. The van der Waals surface area contributed by atoms with Crippen LogP contribution < -0.4 is 9.47 Å². The maximum Gasteiger partial charge on any atom is 0.343 e. The van der Waals surface area contributed by atoms with Gasteiger partial charge < -0.3 is 24.1 Å². The number of methoxy groups -OCH3 is 3. The summed E-state index contributed by atoms with van der Waals surface area (Å²) in [7, 11) is 4.03. The van der Waals surface area contributed by atoms with E-state index in [0.717, 1.165) is 11.7 Å². The molecule has 0 bridgehead atoms. The second-order valence-corrected chi connectivity index (χ2v) is 6.77. The number of carbonyl (C=O) groups is 2. The molecule has 1 atom stereocenters. The van der Waals surface area contributed by atoms with E-state index in [1.54, 1.807) is 24.3 Å². The van der Waals surface area contributed by atoms with Crippen molar-refractivity contribution in [3.63, 3.8) is 0 Å². The molecule has 0 amide bonds. The Bertz CT molecular complexity index is 1070. The normalized spacial score (nSPS) is 11.7. The summed E-state index contributed by atoms with van der Waals surface area (Å²) in [5, 5.41) is 10.6. The highest BCUT2D eigenvalue weighted by Gasteiger charge is 2.26. The Morgan fingerprint density at radius 3 is 2.50 bits per heavy atom. The zero-order chi connectivity index (χ0) is 21.7. The maximum absolute atomic E-state index is 12.1. The van der Waals surface area contributed by atoms with Crippen molar-refractivity contribution in [3.05, 3.63) is 41.5 Å². The summed E-state index contributed by atoms with van der Waals surface area (Å²) in [5.74, 6) is -0.875. The van der Waals surface area contributed by atoms with Gasteiger partial charge in [-0.3, -0.25) is 4.79 Å². The number of benzene rings is 2. The molecule has 0 fully saturated rings. The molecular weight excluding hydrogens is 412 g/mol. The van der Waals surface area contributed by atoms with Gasteiger partial charge in [0.05, 0.1) is 39.5 Å². The van der Waals surface area contributed by atoms with Crippen molar-refractivity contribution < 1.29 is 33.6 Å². The molecule has 2 aromatic carbocycles. The lowest BCUT2D eigenvalue weighted by Gasteiger charge is -2.20. The Hall–Kier alpha value is -3.40. The summed E-state index contributed by atoms with van der Waals surface area (Å²) >= 11 is 1.02. The van der Waals surface area contributed by atoms with Gasteiger partial charge in [-0.25, -0.2) is 4.79 Å². The molecule has 0 aliphatic heterocycles. The van der Waals surface area contributed by atoms with Crippen molar-refractivity contribution in [3.8, 4) is 17.2 Å². The molecule has 0 saturated heterocycles. The first-order chi connectivity index (χ1) is 14.5. The fraction of sp³-hybridized carbons (Fsp3) is 0.300. The molecule has 1 aromatic heterocycles. The minimum Gasteiger partial charge on any atom is -0.508 e. The second kappa shape index (κ2) is 9.40. The molecule has 0 aliphatic carbocycles. The SMILES string of the molecule is COC(=O)COc1ccc([C@@H](CC(=O)OC)c2c(O)ccc3nsnc23)cc1OC. The van der Waals surface area contributed by atoms with E-state index in [0.29, 0.717) is 33.7 Å². The summed E-state index contributed by atoms with van der Waals surface area (Å²) in [5.41, 5.74) is 2.27. The molecule has 1 heterocycles. The number of aromatic nitrogens is 2. The van der Waals surface area contributed by atoms with Crippen LogP contribution in [0.1, 0.15) is 23.5 Å². The van der Waals surface area contributed by atoms with E-state index in [9.17, 15) is 14.7 Å². The third-order valence-electron chi connectivity index (χ3n) is 4.55. The van der Waals surface area contributed by atoms with Gasteiger partial charge in [-0.1, -0.05) is 6.07 Å². The molecule has 3 rings (SSSR count). The van der Waals surface area contributed by atoms with E-state index in [4.69, 9.17) is 14.2 Å². The van der Waals surface area contributed by atoms with Crippen LogP contribution in [0.25, 0.3) is 11.0 Å². The van der Waals surface area contributed by atoms with Gasteiger partial charge in [0.15, 0.2) is 18.1 Å². The number of phenols is 1. The number of rotatable bonds is 8. The number of carbonyl (C=O) groups excluding carboxylic acids is 2. The van der Waals surface area contributed by atoms with E-state index in [2.05, 4.69) is 13.5 Å². The van der Waals surface area contributed by atoms with E-state index in [1.165, 1.54) is 27.4 Å². The highest BCUT2D eigenvalue weighted by molar-refractivity contribution is 7.00. The topological polar surface area (TPSA) is 117 Å². The van der Waals surface area contributed by atoms with E-state index >= 15 is 0 Å². The van der Waals surface area contributed by atoms with Crippen LogP contribution in [0.15, 0.2) is 30.3 Å².